The summed E-state index contributed by atoms with van der Waals surface area (Å²) in [6.45, 7) is 4.51. The third kappa shape index (κ3) is 5.08. The number of para-hydroxylation sites is 1. The number of hydrogen-bond acceptors (Lipinski definition) is 6. The maximum atomic E-state index is 13.6. The molecule has 0 aliphatic carbocycles. The van der Waals surface area contributed by atoms with Gasteiger partial charge in [-0.3, -0.25) is 4.31 Å². The van der Waals surface area contributed by atoms with Crippen LogP contribution in [0.25, 0.3) is 10.6 Å². The number of thiazole rings is 1. The van der Waals surface area contributed by atoms with Crippen molar-refractivity contribution in [2.45, 2.75) is 25.3 Å². The molecule has 4 aromatic rings. The Morgan fingerprint density at radius 1 is 0.971 bits per heavy atom. The molecule has 0 aliphatic rings. The Morgan fingerprint density at radius 3 is 2.38 bits per heavy atom. The number of hydrogen-bond donors (Lipinski definition) is 0. The van der Waals surface area contributed by atoms with E-state index in [1.54, 1.807) is 43.5 Å². The van der Waals surface area contributed by atoms with E-state index in [9.17, 15) is 8.42 Å². The molecule has 0 amide bonds. The maximum Gasteiger partial charge on any atom is 0.264 e. The highest BCUT2D eigenvalue weighted by molar-refractivity contribution is 7.92. The van der Waals surface area contributed by atoms with E-state index in [1.807, 2.05) is 55.6 Å². The molecule has 8 heteroatoms. The fraction of sp³-hybridized carbons (Fsp3) is 0.192. The number of ether oxygens (including phenoxy) is 2. The van der Waals surface area contributed by atoms with Crippen LogP contribution in [0.1, 0.15) is 18.2 Å². The summed E-state index contributed by atoms with van der Waals surface area (Å²) < 4.78 is 39.6. The van der Waals surface area contributed by atoms with Gasteiger partial charge in [0.05, 0.1) is 36.5 Å². The molecule has 0 N–H and O–H groups in total. The number of aromatic nitrogens is 1. The number of rotatable bonds is 9. The lowest BCUT2D eigenvalue weighted by Crippen LogP contribution is -2.30. The molecule has 0 saturated heterocycles. The SMILES string of the molecule is CCOc1ccc(-c2nc(CN(c3ccccc3)S(=O)(=O)c3ccc(C)cc3)cs2)cc1OC. The summed E-state index contributed by atoms with van der Waals surface area (Å²) in [6.07, 6.45) is 0. The predicted octanol–water partition coefficient (Wildman–Crippen LogP) is 5.92. The third-order valence-corrected chi connectivity index (χ3v) is 7.95. The third-order valence-electron chi connectivity index (χ3n) is 5.22. The largest absolute Gasteiger partial charge is 0.493 e. The number of aryl methyl sites for hydroxylation is 1. The van der Waals surface area contributed by atoms with Gasteiger partial charge < -0.3 is 9.47 Å². The summed E-state index contributed by atoms with van der Waals surface area (Å²) in [5, 5.41) is 2.66. The molecular weight excluding hydrogens is 468 g/mol. The van der Waals surface area contributed by atoms with Crippen molar-refractivity contribution in [1.82, 2.24) is 4.98 Å². The smallest absolute Gasteiger partial charge is 0.264 e. The number of sulfonamides is 1. The van der Waals surface area contributed by atoms with Crippen molar-refractivity contribution < 1.29 is 17.9 Å². The van der Waals surface area contributed by atoms with Crippen molar-refractivity contribution in [2.24, 2.45) is 0 Å². The van der Waals surface area contributed by atoms with Gasteiger partial charge in [0.25, 0.3) is 10.0 Å². The van der Waals surface area contributed by atoms with Crippen molar-refractivity contribution >= 4 is 27.0 Å². The van der Waals surface area contributed by atoms with E-state index in [0.717, 1.165) is 16.1 Å². The van der Waals surface area contributed by atoms with Crippen LogP contribution in [0, 0.1) is 6.92 Å². The standard InChI is InChI=1S/C26H26N2O4S2/c1-4-32-24-15-12-20(16-25(24)31-3)26-27-21(18-33-26)17-28(22-8-6-5-7-9-22)34(29,30)23-13-10-19(2)11-14-23/h5-16,18H,4,17H2,1-3H3. The van der Waals surface area contributed by atoms with Gasteiger partial charge in [-0.15, -0.1) is 11.3 Å². The highest BCUT2D eigenvalue weighted by Crippen LogP contribution is 2.34. The topological polar surface area (TPSA) is 68.7 Å². The second-order valence-electron chi connectivity index (χ2n) is 7.60. The van der Waals surface area contributed by atoms with Crippen LogP contribution in [-0.4, -0.2) is 27.1 Å². The summed E-state index contributed by atoms with van der Waals surface area (Å²) in [6, 6.07) is 21.6. The van der Waals surface area contributed by atoms with Gasteiger partial charge in [-0.25, -0.2) is 13.4 Å². The zero-order valence-corrected chi connectivity index (χ0v) is 20.9. The Kier molecular flexibility index (Phi) is 7.19. The van der Waals surface area contributed by atoms with Crippen molar-refractivity contribution in [1.29, 1.82) is 0 Å². The number of nitrogens with zero attached hydrogens (tertiary/aromatic N) is 2. The van der Waals surface area contributed by atoms with Gasteiger partial charge in [-0.1, -0.05) is 35.9 Å². The van der Waals surface area contributed by atoms with Crippen molar-refractivity contribution in [3.8, 4) is 22.1 Å². The molecule has 1 heterocycles. The first-order valence-electron chi connectivity index (χ1n) is 10.8. The molecule has 34 heavy (non-hydrogen) atoms. The first-order chi connectivity index (χ1) is 16.4. The first-order valence-corrected chi connectivity index (χ1v) is 13.1. The minimum absolute atomic E-state index is 0.116. The van der Waals surface area contributed by atoms with E-state index in [2.05, 4.69) is 0 Å². The lowest BCUT2D eigenvalue weighted by atomic mass is 10.2. The molecule has 0 bridgehead atoms. The van der Waals surface area contributed by atoms with E-state index in [-0.39, 0.29) is 11.4 Å². The van der Waals surface area contributed by atoms with Crippen LogP contribution in [0.4, 0.5) is 5.69 Å². The van der Waals surface area contributed by atoms with E-state index >= 15 is 0 Å². The summed E-state index contributed by atoms with van der Waals surface area (Å²) in [5.74, 6) is 1.30. The minimum Gasteiger partial charge on any atom is -0.493 e. The van der Waals surface area contributed by atoms with E-state index < -0.39 is 10.0 Å². The molecule has 3 aromatic carbocycles. The summed E-state index contributed by atoms with van der Waals surface area (Å²) in [5.41, 5.74) is 3.12. The normalized spacial score (nSPS) is 11.3. The Hall–Kier alpha value is -3.36. The predicted molar refractivity (Wildman–Crippen MR) is 136 cm³/mol. The molecule has 0 spiro atoms. The Morgan fingerprint density at radius 2 is 1.71 bits per heavy atom. The lowest BCUT2D eigenvalue weighted by Gasteiger charge is -2.24. The Labute approximate surface area is 204 Å². The van der Waals surface area contributed by atoms with Crippen molar-refractivity contribution in [3.05, 3.63) is 89.4 Å². The van der Waals surface area contributed by atoms with Gasteiger partial charge in [0, 0.05) is 10.9 Å². The quantitative estimate of drug-likeness (QED) is 0.289. The van der Waals surface area contributed by atoms with Crippen LogP contribution in [0.15, 0.2) is 83.1 Å². The number of benzene rings is 3. The zero-order chi connectivity index (χ0) is 24.1. The van der Waals surface area contributed by atoms with Gasteiger partial charge in [-0.05, 0) is 56.3 Å². The summed E-state index contributed by atoms with van der Waals surface area (Å²) in [4.78, 5) is 4.98. The molecule has 0 radical (unpaired) electrons. The zero-order valence-electron chi connectivity index (χ0n) is 19.3. The molecule has 0 aliphatic heterocycles. The fourth-order valence-corrected chi connectivity index (χ4v) is 5.73. The van der Waals surface area contributed by atoms with Gasteiger partial charge in [0.1, 0.15) is 5.01 Å². The maximum absolute atomic E-state index is 13.6. The van der Waals surface area contributed by atoms with Gasteiger partial charge >= 0.3 is 0 Å². The monoisotopic (exact) mass is 494 g/mol. The van der Waals surface area contributed by atoms with Crippen LogP contribution in [0.5, 0.6) is 11.5 Å². The van der Waals surface area contributed by atoms with Gasteiger partial charge in [0.2, 0.25) is 0 Å². The summed E-state index contributed by atoms with van der Waals surface area (Å²) >= 11 is 1.46. The molecule has 6 nitrogen and oxygen atoms in total. The van der Waals surface area contributed by atoms with E-state index in [1.165, 1.54) is 15.6 Å². The van der Waals surface area contributed by atoms with E-state index in [4.69, 9.17) is 14.5 Å². The molecule has 176 valence electrons. The summed E-state index contributed by atoms with van der Waals surface area (Å²) in [7, 11) is -2.19. The minimum atomic E-state index is -3.79. The molecule has 0 fully saturated rings. The first kappa shape index (κ1) is 23.8. The van der Waals surface area contributed by atoms with Crippen LogP contribution < -0.4 is 13.8 Å². The lowest BCUT2D eigenvalue weighted by molar-refractivity contribution is 0.311. The Bertz CT molecular complexity index is 1350. The molecule has 0 unspecified atom stereocenters. The van der Waals surface area contributed by atoms with Crippen LogP contribution >= 0.6 is 11.3 Å². The molecule has 0 saturated carbocycles. The van der Waals surface area contributed by atoms with Gasteiger partial charge in [0.15, 0.2) is 11.5 Å². The average molecular weight is 495 g/mol. The van der Waals surface area contributed by atoms with Crippen LogP contribution in [0.3, 0.4) is 0 Å². The highest BCUT2D eigenvalue weighted by Gasteiger charge is 2.26. The van der Waals surface area contributed by atoms with Gasteiger partial charge in [-0.2, -0.15) is 0 Å². The van der Waals surface area contributed by atoms with Crippen LogP contribution in [-0.2, 0) is 16.6 Å². The Balaban J connectivity index is 1.67. The van der Waals surface area contributed by atoms with Crippen molar-refractivity contribution in [3.63, 3.8) is 0 Å². The van der Waals surface area contributed by atoms with Crippen LogP contribution in [0.2, 0.25) is 0 Å². The second kappa shape index (κ2) is 10.3. The molecule has 0 atom stereocenters. The number of anilines is 1. The highest BCUT2D eigenvalue weighted by atomic mass is 32.2. The fourth-order valence-electron chi connectivity index (χ4n) is 3.48. The van der Waals surface area contributed by atoms with E-state index in [0.29, 0.717) is 29.5 Å². The second-order valence-corrected chi connectivity index (χ2v) is 10.3. The average Bonchev–Trinajstić information content (AvgIpc) is 3.32. The molecular formula is C26H26N2O4S2. The molecule has 1 aromatic heterocycles. The number of methoxy groups -OCH3 is 1. The molecule has 4 rings (SSSR count). The van der Waals surface area contributed by atoms with Crippen molar-refractivity contribution in [2.75, 3.05) is 18.0 Å².